The van der Waals surface area contributed by atoms with Crippen molar-refractivity contribution < 1.29 is 18.7 Å². The van der Waals surface area contributed by atoms with E-state index in [2.05, 4.69) is 35.9 Å². The smallest absolute Gasteiger partial charge is 0.346 e. The molecule has 0 unspecified atom stereocenters. The average molecular weight is 591 g/mol. The van der Waals surface area contributed by atoms with Crippen LogP contribution in [0.5, 0.6) is 11.5 Å². The molecule has 3 rings (SSSR count). The number of ether oxygens (including phenoxy) is 2. The van der Waals surface area contributed by atoms with Crippen molar-refractivity contribution in [2.45, 2.75) is 123 Å². The Hall–Kier alpha value is -3.28. The molecule has 0 amide bonds. The maximum Gasteiger partial charge on any atom is 0.346 e. The van der Waals surface area contributed by atoms with E-state index in [-0.39, 0.29) is 11.3 Å². The number of nitrogens with zero attached hydrogens (tertiary/aromatic N) is 2. The van der Waals surface area contributed by atoms with E-state index in [1.54, 1.807) is 6.07 Å². The average Bonchev–Trinajstić information content (AvgIpc) is 3.02. The summed E-state index contributed by atoms with van der Waals surface area (Å²) in [6.45, 7) is 5.01. The maximum atomic E-state index is 14.7. The molecule has 0 N–H and O–H groups in total. The summed E-state index contributed by atoms with van der Waals surface area (Å²) < 4.78 is 25.7. The first-order valence-corrected chi connectivity index (χ1v) is 16.7. The molecule has 234 valence electrons. The number of rotatable bonds is 22. The molecule has 0 bridgehead atoms. The minimum atomic E-state index is -0.797. The van der Waals surface area contributed by atoms with Gasteiger partial charge in [0, 0.05) is 11.6 Å². The highest BCUT2D eigenvalue weighted by atomic mass is 19.1. The Labute approximate surface area is 258 Å². The van der Waals surface area contributed by atoms with Crippen LogP contribution in [0.25, 0.3) is 11.4 Å². The molecule has 6 heteroatoms. The number of benzene rings is 2. The third-order valence-electron chi connectivity index (χ3n) is 7.80. The van der Waals surface area contributed by atoms with E-state index >= 15 is 0 Å². The number of esters is 1. The molecule has 3 aromatic rings. The molecule has 0 radical (unpaired) electrons. The zero-order chi connectivity index (χ0) is 30.5. The molecule has 0 saturated heterocycles. The highest BCUT2D eigenvalue weighted by Crippen LogP contribution is 2.22. The van der Waals surface area contributed by atoms with Crippen molar-refractivity contribution in [3.63, 3.8) is 0 Å². The third kappa shape index (κ3) is 13.3. The summed E-state index contributed by atoms with van der Waals surface area (Å²) in [4.78, 5) is 21.3. The first-order chi connectivity index (χ1) is 21.1. The normalized spacial score (nSPS) is 11.0. The topological polar surface area (TPSA) is 61.3 Å². The number of aromatic nitrogens is 2. The fourth-order valence-electron chi connectivity index (χ4n) is 5.14. The number of hydrogen-bond acceptors (Lipinski definition) is 5. The predicted octanol–water partition coefficient (Wildman–Crippen LogP) is 10.7. The number of aryl methyl sites for hydroxylation is 1. The van der Waals surface area contributed by atoms with Crippen LogP contribution in [0.2, 0.25) is 0 Å². The Morgan fingerprint density at radius 2 is 1.23 bits per heavy atom. The van der Waals surface area contributed by atoms with Crippen LogP contribution in [0.15, 0.2) is 54.9 Å². The Balaban J connectivity index is 1.38. The molecule has 0 aliphatic heterocycles. The molecule has 5 nitrogen and oxygen atoms in total. The summed E-state index contributed by atoms with van der Waals surface area (Å²) >= 11 is 0. The van der Waals surface area contributed by atoms with Crippen LogP contribution in [-0.4, -0.2) is 22.5 Å². The lowest BCUT2D eigenvalue weighted by atomic mass is 10.0. The highest BCUT2D eigenvalue weighted by molar-refractivity contribution is 5.91. The van der Waals surface area contributed by atoms with Crippen LogP contribution in [0.3, 0.4) is 0 Å². The largest absolute Gasteiger partial charge is 0.493 e. The molecule has 1 heterocycles. The van der Waals surface area contributed by atoms with Gasteiger partial charge in [-0.1, -0.05) is 128 Å². The molecule has 2 aromatic carbocycles. The van der Waals surface area contributed by atoms with Crippen LogP contribution >= 0.6 is 0 Å². The second-order valence-electron chi connectivity index (χ2n) is 11.5. The van der Waals surface area contributed by atoms with Crippen LogP contribution in [0.1, 0.15) is 133 Å². The zero-order valence-electron chi connectivity index (χ0n) is 26.4. The molecule has 0 fully saturated rings. The van der Waals surface area contributed by atoms with Gasteiger partial charge >= 0.3 is 5.97 Å². The van der Waals surface area contributed by atoms with E-state index < -0.39 is 11.8 Å². The molecular weight excluding hydrogens is 539 g/mol. The van der Waals surface area contributed by atoms with Gasteiger partial charge in [-0.25, -0.2) is 19.2 Å². The van der Waals surface area contributed by atoms with E-state index in [4.69, 9.17) is 9.47 Å². The summed E-state index contributed by atoms with van der Waals surface area (Å²) in [6.07, 6.45) is 24.1. The van der Waals surface area contributed by atoms with Gasteiger partial charge in [-0.15, -0.1) is 0 Å². The molecule has 0 aliphatic carbocycles. The van der Waals surface area contributed by atoms with Crippen LogP contribution < -0.4 is 9.47 Å². The van der Waals surface area contributed by atoms with E-state index in [9.17, 15) is 9.18 Å². The van der Waals surface area contributed by atoms with Crippen molar-refractivity contribution in [2.75, 3.05) is 6.61 Å². The summed E-state index contributed by atoms with van der Waals surface area (Å²) in [7, 11) is 0. The summed E-state index contributed by atoms with van der Waals surface area (Å²) in [6, 6.07) is 12.5. The Kier molecular flexibility index (Phi) is 16.4. The second-order valence-corrected chi connectivity index (χ2v) is 11.5. The molecule has 0 atom stereocenters. The monoisotopic (exact) mass is 590 g/mol. The van der Waals surface area contributed by atoms with Gasteiger partial charge in [0.1, 0.15) is 11.6 Å². The van der Waals surface area contributed by atoms with Gasteiger partial charge in [-0.3, -0.25) is 0 Å². The molecule has 0 spiro atoms. The molecule has 0 aliphatic rings. The van der Waals surface area contributed by atoms with E-state index in [1.165, 1.54) is 120 Å². The van der Waals surface area contributed by atoms with Gasteiger partial charge in [0.25, 0.3) is 0 Å². The Morgan fingerprint density at radius 1 is 0.674 bits per heavy atom. The summed E-state index contributed by atoms with van der Waals surface area (Å²) in [5.74, 6) is -0.359. The van der Waals surface area contributed by atoms with Crippen molar-refractivity contribution in [1.82, 2.24) is 9.97 Å². The third-order valence-corrected chi connectivity index (χ3v) is 7.80. The maximum absolute atomic E-state index is 14.7. The van der Waals surface area contributed by atoms with Gasteiger partial charge in [0.15, 0.2) is 11.6 Å². The summed E-state index contributed by atoms with van der Waals surface area (Å²) in [5.41, 5.74) is 2.05. The second kappa shape index (κ2) is 20.6. The predicted molar refractivity (Wildman–Crippen MR) is 173 cm³/mol. The van der Waals surface area contributed by atoms with Gasteiger partial charge in [-0.2, -0.15) is 0 Å². The molecule has 43 heavy (non-hydrogen) atoms. The number of carbonyl (C=O) groups is 1. The number of hydrogen-bond donors (Lipinski definition) is 0. The molecule has 1 aromatic heterocycles. The first kappa shape index (κ1) is 34.2. The number of carbonyl (C=O) groups excluding carboxylic acids is 1. The van der Waals surface area contributed by atoms with Crippen molar-refractivity contribution in [2.24, 2.45) is 0 Å². The number of unbranched alkanes of at least 4 members (excludes halogenated alkanes) is 14. The van der Waals surface area contributed by atoms with Crippen LogP contribution in [0.4, 0.5) is 4.39 Å². The van der Waals surface area contributed by atoms with E-state index in [1.807, 2.05) is 12.1 Å². The summed E-state index contributed by atoms with van der Waals surface area (Å²) in [5, 5.41) is 0. The fourth-order valence-corrected chi connectivity index (χ4v) is 5.14. The SMILES string of the molecule is CCCCCCCCCCOc1ccc(C(=O)Oc2cnc(-c3ccc(CCCCCCCCCC)cc3)nc2)c(F)c1. The highest BCUT2D eigenvalue weighted by Gasteiger charge is 2.16. The van der Waals surface area contributed by atoms with Gasteiger partial charge in [-0.05, 0) is 37.0 Å². The van der Waals surface area contributed by atoms with Crippen LogP contribution in [-0.2, 0) is 6.42 Å². The lowest BCUT2D eigenvalue weighted by molar-refractivity contribution is 0.0728. The van der Waals surface area contributed by atoms with Gasteiger partial charge < -0.3 is 9.47 Å². The van der Waals surface area contributed by atoms with Gasteiger partial charge in [0.2, 0.25) is 0 Å². The Morgan fingerprint density at radius 3 is 1.81 bits per heavy atom. The molecule has 0 saturated carbocycles. The van der Waals surface area contributed by atoms with Crippen molar-refractivity contribution in [3.8, 4) is 22.9 Å². The Bertz CT molecular complexity index is 1180. The van der Waals surface area contributed by atoms with E-state index in [0.29, 0.717) is 18.2 Å². The van der Waals surface area contributed by atoms with Gasteiger partial charge in [0.05, 0.1) is 24.6 Å². The quantitative estimate of drug-likeness (QED) is 0.0860. The lowest BCUT2D eigenvalue weighted by Crippen LogP contribution is -2.11. The zero-order valence-corrected chi connectivity index (χ0v) is 26.4. The lowest BCUT2D eigenvalue weighted by Gasteiger charge is -2.09. The first-order valence-electron chi connectivity index (χ1n) is 16.7. The molecular formula is C37H51FN2O3. The van der Waals surface area contributed by atoms with Crippen molar-refractivity contribution in [3.05, 3.63) is 71.8 Å². The fraction of sp³-hybridized carbons (Fsp3) is 0.541. The van der Waals surface area contributed by atoms with Crippen LogP contribution in [0, 0.1) is 5.82 Å². The standard InChI is InChI=1S/C37H51FN2O3/c1-3-5-7-9-11-13-15-17-19-30-20-22-31(23-21-30)36-39-28-33(29-40-36)43-37(41)34-25-24-32(27-35(34)38)42-26-18-16-14-12-10-8-6-4-2/h20-25,27-29H,3-19,26H2,1-2H3. The van der Waals surface area contributed by atoms with E-state index in [0.717, 1.165) is 24.8 Å². The minimum absolute atomic E-state index is 0.157. The van der Waals surface area contributed by atoms with Crippen molar-refractivity contribution >= 4 is 5.97 Å². The number of halogens is 1. The minimum Gasteiger partial charge on any atom is -0.493 e. The van der Waals surface area contributed by atoms with Crippen molar-refractivity contribution in [1.29, 1.82) is 0 Å².